The van der Waals surface area contributed by atoms with Crippen LogP contribution in [0.25, 0.3) is 0 Å². The largest absolute Gasteiger partial charge is 0.512 e. The molecule has 0 radical (unpaired) electrons. The number of ether oxygens (including phenoxy) is 1. The highest BCUT2D eigenvalue weighted by atomic mass is 16.5. The molecule has 0 heterocycles. The van der Waals surface area contributed by atoms with Crippen molar-refractivity contribution in [1.82, 2.24) is 0 Å². The standard InChI is InChI=1S/C14H18O5/c1-19-8-14(11(17)6-3-7-12(14)18)13-9(15)4-2-5-10(13)16/h15H,2-8H2,1H3. The normalized spacial score (nSPS) is 23.9. The Morgan fingerprint density at radius 3 is 2.16 bits per heavy atom. The maximum absolute atomic E-state index is 12.3. The lowest BCUT2D eigenvalue weighted by molar-refractivity contribution is -0.146. The van der Waals surface area contributed by atoms with Crippen LogP contribution in [0.4, 0.5) is 0 Å². The lowest BCUT2D eigenvalue weighted by atomic mass is 9.64. The summed E-state index contributed by atoms with van der Waals surface area (Å²) < 4.78 is 5.04. The van der Waals surface area contributed by atoms with E-state index in [0.29, 0.717) is 19.3 Å². The van der Waals surface area contributed by atoms with Crippen LogP contribution in [0.2, 0.25) is 0 Å². The smallest absolute Gasteiger partial charge is 0.163 e. The van der Waals surface area contributed by atoms with Crippen LogP contribution in [0.3, 0.4) is 0 Å². The minimum Gasteiger partial charge on any atom is -0.512 e. The Kier molecular flexibility index (Phi) is 3.85. The van der Waals surface area contributed by atoms with Gasteiger partial charge in [0.1, 0.15) is 11.2 Å². The molecule has 0 aromatic rings. The van der Waals surface area contributed by atoms with E-state index in [1.807, 2.05) is 0 Å². The molecule has 0 aliphatic heterocycles. The maximum atomic E-state index is 12.3. The Hall–Kier alpha value is -1.49. The van der Waals surface area contributed by atoms with Gasteiger partial charge in [0.05, 0.1) is 12.2 Å². The van der Waals surface area contributed by atoms with Gasteiger partial charge in [-0.15, -0.1) is 0 Å². The highest BCUT2D eigenvalue weighted by Gasteiger charge is 2.53. The summed E-state index contributed by atoms with van der Waals surface area (Å²) in [5, 5.41) is 10.0. The molecule has 2 rings (SSSR count). The van der Waals surface area contributed by atoms with E-state index in [0.717, 1.165) is 0 Å². The molecule has 0 aromatic carbocycles. The Labute approximate surface area is 111 Å². The van der Waals surface area contributed by atoms with Crippen molar-refractivity contribution in [3.05, 3.63) is 11.3 Å². The fraction of sp³-hybridized carbons (Fsp3) is 0.643. The fourth-order valence-electron chi connectivity index (χ4n) is 3.03. The highest BCUT2D eigenvalue weighted by molar-refractivity contribution is 6.19. The van der Waals surface area contributed by atoms with Crippen LogP contribution in [-0.4, -0.2) is 36.2 Å². The molecule has 2 aliphatic rings. The van der Waals surface area contributed by atoms with E-state index in [1.165, 1.54) is 7.11 Å². The van der Waals surface area contributed by atoms with Crippen LogP contribution in [0.15, 0.2) is 11.3 Å². The minimum atomic E-state index is -1.56. The molecule has 0 atom stereocenters. The van der Waals surface area contributed by atoms with Crippen LogP contribution in [0, 0.1) is 5.41 Å². The van der Waals surface area contributed by atoms with Gasteiger partial charge in [0.2, 0.25) is 0 Å². The summed E-state index contributed by atoms with van der Waals surface area (Å²) in [4.78, 5) is 36.7. The second-order valence-corrected chi connectivity index (χ2v) is 5.14. The zero-order valence-electron chi connectivity index (χ0n) is 11.0. The number of aliphatic hydroxyl groups excluding tert-OH is 1. The van der Waals surface area contributed by atoms with Gasteiger partial charge in [-0.1, -0.05) is 0 Å². The first-order chi connectivity index (χ1) is 9.04. The number of hydrogen-bond acceptors (Lipinski definition) is 5. The van der Waals surface area contributed by atoms with Gasteiger partial charge < -0.3 is 9.84 Å². The summed E-state index contributed by atoms with van der Waals surface area (Å²) in [6.07, 6.45) is 2.17. The SMILES string of the molecule is COCC1(C2=C(O)CCCC2=O)C(=O)CCCC1=O. The van der Waals surface area contributed by atoms with Gasteiger partial charge >= 0.3 is 0 Å². The highest BCUT2D eigenvalue weighted by Crippen LogP contribution is 2.42. The molecular formula is C14H18O5. The quantitative estimate of drug-likeness (QED) is 0.783. The third kappa shape index (κ3) is 2.12. The van der Waals surface area contributed by atoms with Crippen molar-refractivity contribution in [2.24, 2.45) is 5.41 Å². The number of methoxy groups -OCH3 is 1. The van der Waals surface area contributed by atoms with Crippen molar-refractivity contribution >= 4 is 17.3 Å². The number of ketones is 3. The monoisotopic (exact) mass is 266 g/mol. The molecule has 0 bridgehead atoms. The number of hydrogen-bond donors (Lipinski definition) is 1. The van der Waals surface area contributed by atoms with Gasteiger partial charge in [-0.3, -0.25) is 14.4 Å². The topological polar surface area (TPSA) is 80.7 Å². The summed E-state index contributed by atoms with van der Waals surface area (Å²) in [6.45, 7) is -0.157. The summed E-state index contributed by atoms with van der Waals surface area (Å²) in [6, 6.07) is 0. The zero-order chi connectivity index (χ0) is 14.0. The first-order valence-corrected chi connectivity index (χ1v) is 6.55. The Morgan fingerprint density at radius 1 is 1.05 bits per heavy atom. The zero-order valence-corrected chi connectivity index (χ0v) is 11.0. The molecule has 0 aromatic heterocycles. The van der Waals surface area contributed by atoms with E-state index in [4.69, 9.17) is 4.74 Å². The lowest BCUT2D eigenvalue weighted by Crippen LogP contribution is -2.50. The molecule has 19 heavy (non-hydrogen) atoms. The van der Waals surface area contributed by atoms with Crippen LogP contribution in [0.5, 0.6) is 0 Å². The van der Waals surface area contributed by atoms with Gasteiger partial charge in [-0.2, -0.15) is 0 Å². The third-order valence-corrected chi connectivity index (χ3v) is 3.93. The van der Waals surface area contributed by atoms with Crippen molar-refractivity contribution in [3.8, 4) is 0 Å². The number of carbonyl (C=O) groups is 3. The first-order valence-electron chi connectivity index (χ1n) is 6.55. The summed E-state index contributed by atoms with van der Waals surface area (Å²) in [7, 11) is 1.39. The first kappa shape index (κ1) is 13.9. The Bertz CT molecular complexity index is 444. The van der Waals surface area contributed by atoms with Gasteiger partial charge in [0, 0.05) is 32.8 Å². The second kappa shape index (κ2) is 5.25. The van der Waals surface area contributed by atoms with E-state index < -0.39 is 5.41 Å². The van der Waals surface area contributed by atoms with Gasteiger partial charge in [0.15, 0.2) is 17.3 Å². The predicted octanol–water partition coefficient (Wildman–Crippen LogP) is 1.51. The van der Waals surface area contributed by atoms with Crippen LogP contribution in [0.1, 0.15) is 38.5 Å². The molecule has 0 unspecified atom stereocenters. The summed E-state index contributed by atoms with van der Waals surface area (Å²) >= 11 is 0. The van der Waals surface area contributed by atoms with Crippen LogP contribution < -0.4 is 0 Å². The van der Waals surface area contributed by atoms with Gasteiger partial charge in [-0.25, -0.2) is 0 Å². The second-order valence-electron chi connectivity index (χ2n) is 5.14. The molecule has 1 saturated carbocycles. The van der Waals surface area contributed by atoms with E-state index in [9.17, 15) is 19.5 Å². The minimum absolute atomic E-state index is 0.00435. The molecule has 0 saturated heterocycles. The molecule has 104 valence electrons. The van der Waals surface area contributed by atoms with Gasteiger partial charge in [-0.05, 0) is 12.8 Å². The van der Waals surface area contributed by atoms with Gasteiger partial charge in [0.25, 0.3) is 0 Å². The van der Waals surface area contributed by atoms with E-state index in [1.54, 1.807) is 0 Å². The number of Topliss-reactive ketones (excluding diaryl/α,β-unsaturated/α-hetero) is 3. The van der Waals surface area contributed by atoms with Crippen LogP contribution in [-0.2, 0) is 19.1 Å². The molecule has 2 aliphatic carbocycles. The molecule has 1 fully saturated rings. The van der Waals surface area contributed by atoms with E-state index in [2.05, 4.69) is 0 Å². The van der Waals surface area contributed by atoms with Crippen molar-refractivity contribution in [1.29, 1.82) is 0 Å². The number of carbonyl (C=O) groups excluding carboxylic acids is 3. The third-order valence-electron chi connectivity index (χ3n) is 3.93. The summed E-state index contributed by atoms with van der Waals surface area (Å²) in [5.41, 5.74) is -1.57. The predicted molar refractivity (Wildman–Crippen MR) is 66.7 cm³/mol. The molecular weight excluding hydrogens is 248 g/mol. The Balaban J connectivity index is 2.58. The molecule has 1 N–H and O–H groups in total. The average molecular weight is 266 g/mol. The molecule has 5 heteroatoms. The molecule has 0 amide bonds. The summed E-state index contributed by atoms with van der Waals surface area (Å²) in [5.74, 6) is -1.02. The van der Waals surface area contributed by atoms with Crippen LogP contribution >= 0.6 is 0 Å². The van der Waals surface area contributed by atoms with Crippen molar-refractivity contribution in [3.63, 3.8) is 0 Å². The Morgan fingerprint density at radius 2 is 1.63 bits per heavy atom. The van der Waals surface area contributed by atoms with E-state index in [-0.39, 0.29) is 54.6 Å². The molecule has 0 spiro atoms. The van der Waals surface area contributed by atoms with Crippen molar-refractivity contribution < 1.29 is 24.2 Å². The van der Waals surface area contributed by atoms with Crippen molar-refractivity contribution in [2.45, 2.75) is 38.5 Å². The number of allylic oxidation sites excluding steroid dienone is 1. The van der Waals surface area contributed by atoms with Crippen molar-refractivity contribution in [2.75, 3.05) is 13.7 Å². The maximum Gasteiger partial charge on any atom is 0.163 e. The number of rotatable bonds is 3. The lowest BCUT2D eigenvalue weighted by Gasteiger charge is -2.36. The fourth-order valence-corrected chi connectivity index (χ4v) is 3.03. The van der Waals surface area contributed by atoms with E-state index >= 15 is 0 Å². The average Bonchev–Trinajstić information content (AvgIpc) is 2.35. The molecule has 5 nitrogen and oxygen atoms in total. The number of aliphatic hydroxyl groups is 1.